The summed E-state index contributed by atoms with van der Waals surface area (Å²) in [6.45, 7) is 2.41. The van der Waals surface area contributed by atoms with Gasteiger partial charge in [-0.2, -0.15) is 13.2 Å². The average molecular weight is 182 g/mol. The van der Waals surface area contributed by atoms with E-state index in [0.29, 0.717) is 6.08 Å². The van der Waals surface area contributed by atoms with Crippen molar-refractivity contribution in [2.24, 2.45) is 0 Å². The summed E-state index contributed by atoms with van der Waals surface area (Å²) in [6, 6.07) is 0. The summed E-state index contributed by atoms with van der Waals surface area (Å²) in [5.74, 6) is -0.965. The van der Waals surface area contributed by atoms with Crippen LogP contribution in [0.2, 0.25) is 0 Å². The molecule has 0 aromatic carbocycles. The monoisotopic (exact) mass is 182 g/mol. The van der Waals surface area contributed by atoms with Crippen LogP contribution in [0, 0.1) is 0 Å². The minimum Gasteiger partial charge on any atom is -0.463 e. The Labute approximate surface area is 68.0 Å². The quantitative estimate of drug-likeness (QED) is 0.482. The zero-order valence-electron chi connectivity index (χ0n) is 6.73. The molecule has 2 nitrogen and oxygen atoms in total. The van der Waals surface area contributed by atoms with E-state index in [1.54, 1.807) is 0 Å². The summed E-state index contributed by atoms with van der Waals surface area (Å²) in [7, 11) is 0. The van der Waals surface area contributed by atoms with Gasteiger partial charge in [-0.25, -0.2) is 4.79 Å². The summed E-state index contributed by atoms with van der Waals surface area (Å²) in [6.07, 6.45) is -4.02. The fourth-order valence-electron chi connectivity index (χ4n) is 0.443. The molecule has 0 saturated carbocycles. The third-order valence-corrected chi connectivity index (χ3v) is 1.07. The first-order valence-corrected chi connectivity index (χ1v) is 3.30. The molecule has 0 spiro atoms. The molecule has 0 N–H and O–H groups in total. The van der Waals surface area contributed by atoms with Gasteiger partial charge in [0, 0.05) is 11.6 Å². The van der Waals surface area contributed by atoms with Crippen molar-refractivity contribution >= 4 is 5.97 Å². The number of halogens is 3. The second kappa shape index (κ2) is 4.13. The van der Waals surface area contributed by atoms with E-state index in [1.165, 1.54) is 6.92 Å². The molecule has 0 saturated heterocycles. The van der Waals surface area contributed by atoms with Crippen molar-refractivity contribution in [2.75, 3.05) is 6.61 Å². The molecule has 0 radical (unpaired) electrons. The van der Waals surface area contributed by atoms with Crippen molar-refractivity contribution in [1.29, 1.82) is 0 Å². The number of carbonyl (C=O) groups is 1. The van der Waals surface area contributed by atoms with Gasteiger partial charge in [0.25, 0.3) is 0 Å². The molecule has 0 unspecified atom stereocenters. The topological polar surface area (TPSA) is 26.3 Å². The van der Waals surface area contributed by atoms with E-state index in [-0.39, 0.29) is 6.61 Å². The van der Waals surface area contributed by atoms with Crippen LogP contribution in [0.5, 0.6) is 0 Å². The van der Waals surface area contributed by atoms with Gasteiger partial charge in [-0.3, -0.25) is 0 Å². The number of alkyl halides is 3. The lowest BCUT2D eigenvalue weighted by Gasteiger charge is -2.05. The highest BCUT2D eigenvalue weighted by molar-refractivity contribution is 5.82. The Kier molecular flexibility index (Phi) is 3.79. The van der Waals surface area contributed by atoms with Crippen LogP contribution in [0.1, 0.15) is 13.8 Å². The van der Waals surface area contributed by atoms with Gasteiger partial charge in [0.2, 0.25) is 0 Å². The molecule has 0 aliphatic carbocycles. The van der Waals surface area contributed by atoms with Crippen molar-refractivity contribution in [3.8, 4) is 0 Å². The molecule has 0 amide bonds. The summed E-state index contributed by atoms with van der Waals surface area (Å²) < 4.78 is 39.6. The van der Waals surface area contributed by atoms with Crippen LogP contribution in [0.4, 0.5) is 13.2 Å². The van der Waals surface area contributed by atoms with Crippen LogP contribution < -0.4 is 0 Å². The van der Waals surface area contributed by atoms with E-state index >= 15 is 0 Å². The number of allylic oxidation sites excluding steroid dienone is 1. The summed E-state index contributed by atoms with van der Waals surface area (Å²) in [5, 5.41) is 0. The molecule has 12 heavy (non-hydrogen) atoms. The fourth-order valence-corrected chi connectivity index (χ4v) is 0.443. The van der Waals surface area contributed by atoms with Gasteiger partial charge in [-0.05, 0) is 13.8 Å². The standard InChI is InChI=1S/C7H9F3O2/c1-3-12-6(11)4-5(2)7(8,9)10/h4H,3H2,1-2H3/b5-4-. The largest absolute Gasteiger partial charge is 0.463 e. The first-order valence-electron chi connectivity index (χ1n) is 3.30. The molecule has 0 aliphatic heterocycles. The zero-order valence-corrected chi connectivity index (χ0v) is 6.73. The Hall–Kier alpha value is -1.00. The molecule has 0 atom stereocenters. The number of carbonyl (C=O) groups excluding carboxylic acids is 1. The van der Waals surface area contributed by atoms with E-state index in [9.17, 15) is 18.0 Å². The van der Waals surface area contributed by atoms with E-state index in [0.717, 1.165) is 6.92 Å². The first kappa shape index (κ1) is 11.0. The molecule has 0 bridgehead atoms. The van der Waals surface area contributed by atoms with Gasteiger partial charge < -0.3 is 4.74 Å². The van der Waals surface area contributed by atoms with Crippen LogP contribution in [0.25, 0.3) is 0 Å². The lowest BCUT2D eigenvalue weighted by molar-refractivity contribution is -0.138. The van der Waals surface area contributed by atoms with Crippen molar-refractivity contribution in [3.05, 3.63) is 11.6 Å². The Morgan fingerprint density at radius 3 is 2.33 bits per heavy atom. The number of hydrogen-bond acceptors (Lipinski definition) is 2. The number of esters is 1. The van der Waals surface area contributed by atoms with E-state index in [1.807, 2.05) is 0 Å². The number of hydrogen-bond donors (Lipinski definition) is 0. The van der Waals surface area contributed by atoms with E-state index in [4.69, 9.17) is 0 Å². The maximum atomic E-state index is 11.8. The average Bonchev–Trinajstić information content (AvgIpc) is 1.85. The molecule has 70 valence electrons. The van der Waals surface area contributed by atoms with Crippen LogP contribution in [-0.2, 0) is 9.53 Å². The number of ether oxygens (including phenoxy) is 1. The molecule has 5 heteroatoms. The molecule has 0 fully saturated rings. The normalized spacial score (nSPS) is 12.9. The van der Waals surface area contributed by atoms with Crippen molar-refractivity contribution in [1.82, 2.24) is 0 Å². The van der Waals surface area contributed by atoms with Gasteiger partial charge >= 0.3 is 12.1 Å². The maximum absolute atomic E-state index is 11.8. The molecule has 0 heterocycles. The predicted octanol–water partition coefficient (Wildman–Crippen LogP) is 2.06. The molecule has 0 rings (SSSR count). The molecular weight excluding hydrogens is 173 g/mol. The van der Waals surface area contributed by atoms with E-state index in [2.05, 4.69) is 4.74 Å². The minimum absolute atomic E-state index is 0.0699. The summed E-state index contributed by atoms with van der Waals surface area (Å²) in [5.41, 5.74) is -0.957. The molecule has 0 aromatic heterocycles. The minimum atomic E-state index is -4.45. The fraction of sp³-hybridized carbons (Fsp3) is 0.571. The SMILES string of the molecule is CCOC(=O)/C=C(/C)C(F)(F)F. The zero-order chi connectivity index (χ0) is 9.78. The van der Waals surface area contributed by atoms with Crippen LogP contribution in [0.3, 0.4) is 0 Å². The lowest BCUT2D eigenvalue weighted by atomic mass is 10.3. The van der Waals surface area contributed by atoms with Gasteiger partial charge in [-0.1, -0.05) is 0 Å². The van der Waals surface area contributed by atoms with Crippen molar-refractivity contribution in [2.45, 2.75) is 20.0 Å². The highest BCUT2D eigenvalue weighted by Gasteiger charge is 2.30. The van der Waals surface area contributed by atoms with Crippen molar-refractivity contribution < 1.29 is 22.7 Å². The van der Waals surface area contributed by atoms with Crippen LogP contribution in [-0.4, -0.2) is 18.8 Å². The molecular formula is C7H9F3O2. The molecule has 0 aliphatic rings. The molecule has 0 aromatic rings. The third-order valence-electron chi connectivity index (χ3n) is 1.07. The smallest absolute Gasteiger partial charge is 0.412 e. The lowest BCUT2D eigenvalue weighted by Crippen LogP contribution is -2.11. The first-order chi connectivity index (χ1) is 5.38. The highest BCUT2D eigenvalue weighted by Crippen LogP contribution is 2.24. The third kappa shape index (κ3) is 4.00. The summed E-state index contributed by atoms with van der Waals surface area (Å²) >= 11 is 0. The van der Waals surface area contributed by atoms with E-state index < -0.39 is 17.7 Å². The summed E-state index contributed by atoms with van der Waals surface area (Å²) in [4.78, 5) is 10.5. The Morgan fingerprint density at radius 1 is 1.50 bits per heavy atom. The Balaban J connectivity index is 4.26. The maximum Gasteiger partial charge on any atom is 0.412 e. The predicted molar refractivity (Wildman–Crippen MR) is 36.4 cm³/mol. The Morgan fingerprint density at radius 2 is 2.00 bits per heavy atom. The second-order valence-electron chi connectivity index (χ2n) is 2.08. The van der Waals surface area contributed by atoms with Gasteiger partial charge in [0.1, 0.15) is 0 Å². The Bertz CT molecular complexity index is 193. The second-order valence-corrected chi connectivity index (χ2v) is 2.08. The van der Waals surface area contributed by atoms with Gasteiger partial charge in [0.05, 0.1) is 6.61 Å². The van der Waals surface area contributed by atoms with Gasteiger partial charge in [-0.15, -0.1) is 0 Å². The highest BCUT2D eigenvalue weighted by atomic mass is 19.4. The van der Waals surface area contributed by atoms with Crippen LogP contribution >= 0.6 is 0 Å². The number of rotatable bonds is 2. The van der Waals surface area contributed by atoms with Crippen LogP contribution in [0.15, 0.2) is 11.6 Å². The van der Waals surface area contributed by atoms with Gasteiger partial charge in [0.15, 0.2) is 0 Å². The van der Waals surface area contributed by atoms with Crippen molar-refractivity contribution in [3.63, 3.8) is 0 Å².